The number of anilines is 1. The van der Waals surface area contributed by atoms with Gasteiger partial charge in [0.15, 0.2) is 0 Å². The fourth-order valence-electron chi connectivity index (χ4n) is 3.01. The average Bonchev–Trinajstić information content (AvgIpc) is 2.67. The molecule has 1 aromatic carbocycles. The Balaban J connectivity index is 2.09. The number of hydrogen-bond donors (Lipinski definition) is 1. The largest absolute Gasteiger partial charge is 0.494 e. The lowest BCUT2D eigenvalue weighted by Crippen LogP contribution is -2.19. The Morgan fingerprint density at radius 2 is 1.86 bits per heavy atom. The van der Waals surface area contributed by atoms with Gasteiger partial charge in [0, 0.05) is 12.1 Å². The van der Waals surface area contributed by atoms with Crippen LogP contribution in [0.3, 0.4) is 0 Å². The van der Waals surface area contributed by atoms with Gasteiger partial charge in [-0.05, 0) is 51.2 Å². The minimum Gasteiger partial charge on any atom is -0.494 e. The maximum atomic E-state index is 5.75. The maximum absolute atomic E-state index is 5.75. The summed E-state index contributed by atoms with van der Waals surface area (Å²) in [5.41, 5.74) is 1.07. The van der Waals surface area contributed by atoms with E-state index in [0.717, 1.165) is 23.1 Å². The van der Waals surface area contributed by atoms with Gasteiger partial charge in [0.25, 0.3) is 0 Å². The molecule has 2 rings (SSSR count). The third-order valence-corrected chi connectivity index (χ3v) is 4.18. The van der Waals surface area contributed by atoms with E-state index in [1.54, 1.807) is 0 Å². The van der Waals surface area contributed by atoms with E-state index < -0.39 is 0 Å². The highest BCUT2D eigenvalue weighted by Gasteiger charge is 2.17. The van der Waals surface area contributed by atoms with Crippen molar-refractivity contribution in [2.24, 2.45) is 5.92 Å². The molecule has 0 aromatic heterocycles. The molecule has 2 atom stereocenters. The van der Waals surface area contributed by atoms with Crippen LogP contribution in [0, 0.1) is 5.92 Å². The summed E-state index contributed by atoms with van der Waals surface area (Å²) in [4.78, 5) is 0. The van der Waals surface area contributed by atoms with Crippen molar-refractivity contribution >= 4 is 5.69 Å². The number of ether oxygens (including phenoxy) is 2. The molecule has 21 heavy (non-hydrogen) atoms. The quantitative estimate of drug-likeness (QED) is 0.759. The Hall–Kier alpha value is -1.38. The van der Waals surface area contributed by atoms with Crippen LogP contribution in [0.5, 0.6) is 11.5 Å². The molecule has 0 amide bonds. The van der Waals surface area contributed by atoms with Gasteiger partial charge in [-0.3, -0.25) is 0 Å². The molecule has 1 fully saturated rings. The molecule has 0 bridgehead atoms. The Bertz CT molecular complexity index is 433. The number of hydrogen-bond acceptors (Lipinski definition) is 3. The third kappa shape index (κ3) is 4.83. The first kappa shape index (κ1) is 16.0. The molecule has 0 spiro atoms. The number of nitrogens with one attached hydrogen (secondary N) is 1. The lowest BCUT2D eigenvalue weighted by Gasteiger charge is -2.21. The zero-order chi connectivity index (χ0) is 15.1. The maximum Gasteiger partial charge on any atom is 0.142 e. The molecule has 118 valence electrons. The van der Waals surface area contributed by atoms with Gasteiger partial charge in [-0.1, -0.05) is 19.8 Å². The van der Waals surface area contributed by atoms with Crippen LogP contribution in [0.25, 0.3) is 0 Å². The lowest BCUT2D eigenvalue weighted by atomic mass is 10.0. The van der Waals surface area contributed by atoms with Crippen LogP contribution in [0.1, 0.15) is 52.9 Å². The molecular weight excluding hydrogens is 262 g/mol. The van der Waals surface area contributed by atoms with Crippen LogP contribution in [-0.2, 0) is 0 Å². The molecule has 2 unspecified atom stereocenters. The Morgan fingerprint density at radius 1 is 1.05 bits per heavy atom. The minimum atomic E-state index is 0.547. The summed E-state index contributed by atoms with van der Waals surface area (Å²) in [7, 11) is 0. The van der Waals surface area contributed by atoms with E-state index in [1.807, 2.05) is 26.0 Å². The molecular formula is C18H29NO2. The van der Waals surface area contributed by atoms with Crippen LogP contribution in [0.2, 0.25) is 0 Å². The summed E-state index contributed by atoms with van der Waals surface area (Å²) in [5, 5.41) is 3.69. The van der Waals surface area contributed by atoms with Gasteiger partial charge >= 0.3 is 0 Å². The predicted octanol–water partition coefficient (Wildman–Crippen LogP) is 4.86. The van der Waals surface area contributed by atoms with E-state index in [-0.39, 0.29) is 0 Å². The Morgan fingerprint density at radius 3 is 2.62 bits per heavy atom. The van der Waals surface area contributed by atoms with E-state index in [0.29, 0.717) is 19.3 Å². The van der Waals surface area contributed by atoms with E-state index >= 15 is 0 Å². The second kappa shape index (κ2) is 8.16. The molecule has 0 saturated heterocycles. The Kier molecular flexibility index (Phi) is 6.21. The van der Waals surface area contributed by atoms with Gasteiger partial charge in [0.2, 0.25) is 0 Å². The molecule has 1 saturated carbocycles. The zero-order valence-electron chi connectivity index (χ0n) is 13.7. The summed E-state index contributed by atoms with van der Waals surface area (Å²) in [6.45, 7) is 7.77. The summed E-state index contributed by atoms with van der Waals surface area (Å²) < 4.78 is 11.4. The van der Waals surface area contributed by atoms with Crippen LogP contribution in [0.15, 0.2) is 18.2 Å². The molecule has 0 heterocycles. The molecule has 0 radical (unpaired) electrons. The van der Waals surface area contributed by atoms with E-state index in [4.69, 9.17) is 9.47 Å². The van der Waals surface area contributed by atoms with E-state index in [2.05, 4.69) is 18.3 Å². The van der Waals surface area contributed by atoms with Crippen molar-refractivity contribution in [3.05, 3.63) is 18.2 Å². The number of benzene rings is 1. The molecule has 1 aliphatic carbocycles. The summed E-state index contributed by atoms with van der Waals surface area (Å²) in [6, 6.07) is 6.61. The Labute approximate surface area is 129 Å². The normalized spacial score (nSPS) is 22.4. The zero-order valence-corrected chi connectivity index (χ0v) is 13.7. The summed E-state index contributed by atoms with van der Waals surface area (Å²) >= 11 is 0. The first-order valence-corrected chi connectivity index (χ1v) is 8.39. The van der Waals surface area contributed by atoms with Crippen LogP contribution in [-0.4, -0.2) is 19.3 Å². The van der Waals surface area contributed by atoms with E-state index in [9.17, 15) is 0 Å². The number of rotatable bonds is 6. The standard InChI is InChI=1S/C18H29NO2/c1-4-20-16-11-12-18(21-5-2)17(13-16)19-15-8-6-7-14(3)9-10-15/h11-15,19H,4-10H2,1-3H3. The van der Waals surface area contributed by atoms with Gasteiger partial charge in [-0.25, -0.2) is 0 Å². The monoisotopic (exact) mass is 291 g/mol. The molecule has 0 aliphatic heterocycles. The first-order valence-electron chi connectivity index (χ1n) is 8.39. The van der Waals surface area contributed by atoms with Crippen LogP contribution in [0.4, 0.5) is 5.69 Å². The van der Waals surface area contributed by atoms with E-state index in [1.165, 1.54) is 32.1 Å². The molecule has 1 N–H and O–H groups in total. The van der Waals surface area contributed by atoms with Crippen molar-refractivity contribution in [2.75, 3.05) is 18.5 Å². The van der Waals surface area contributed by atoms with Crippen LogP contribution >= 0.6 is 0 Å². The fourth-order valence-corrected chi connectivity index (χ4v) is 3.01. The fraction of sp³-hybridized carbons (Fsp3) is 0.667. The molecule has 1 aliphatic rings. The van der Waals surface area contributed by atoms with Crippen LogP contribution < -0.4 is 14.8 Å². The minimum absolute atomic E-state index is 0.547. The van der Waals surface area contributed by atoms with Crippen molar-refractivity contribution in [3.8, 4) is 11.5 Å². The smallest absolute Gasteiger partial charge is 0.142 e. The van der Waals surface area contributed by atoms with Crippen molar-refractivity contribution in [1.82, 2.24) is 0 Å². The van der Waals surface area contributed by atoms with Crippen molar-refractivity contribution < 1.29 is 9.47 Å². The first-order chi connectivity index (χ1) is 10.2. The van der Waals surface area contributed by atoms with Gasteiger partial charge in [0.1, 0.15) is 11.5 Å². The van der Waals surface area contributed by atoms with Gasteiger partial charge in [0.05, 0.1) is 18.9 Å². The highest BCUT2D eigenvalue weighted by molar-refractivity contribution is 5.60. The topological polar surface area (TPSA) is 30.5 Å². The van der Waals surface area contributed by atoms with Gasteiger partial charge in [-0.15, -0.1) is 0 Å². The van der Waals surface area contributed by atoms with Crippen molar-refractivity contribution in [2.45, 2.75) is 58.9 Å². The molecule has 1 aromatic rings. The summed E-state index contributed by atoms with van der Waals surface area (Å²) in [5.74, 6) is 2.70. The molecule has 3 nitrogen and oxygen atoms in total. The highest BCUT2D eigenvalue weighted by atomic mass is 16.5. The van der Waals surface area contributed by atoms with Gasteiger partial charge in [-0.2, -0.15) is 0 Å². The highest BCUT2D eigenvalue weighted by Crippen LogP contribution is 2.32. The second-order valence-corrected chi connectivity index (χ2v) is 5.98. The van der Waals surface area contributed by atoms with Crippen molar-refractivity contribution in [3.63, 3.8) is 0 Å². The SMILES string of the molecule is CCOc1ccc(OCC)c(NC2CCCC(C)CC2)c1. The predicted molar refractivity (Wildman–Crippen MR) is 88.4 cm³/mol. The van der Waals surface area contributed by atoms with Crippen molar-refractivity contribution in [1.29, 1.82) is 0 Å². The van der Waals surface area contributed by atoms with Gasteiger partial charge < -0.3 is 14.8 Å². The second-order valence-electron chi connectivity index (χ2n) is 5.98. The molecule has 3 heteroatoms. The average molecular weight is 291 g/mol. The lowest BCUT2D eigenvalue weighted by molar-refractivity contribution is 0.331. The summed E-state index contributed by atoms with van der Waals surface area (Å²) in [6.07, 6.45) is 6.47. The third-order valence-electron chi connectivity index (χ3n) is 4.18.